The second kappa shape index (κ2) is 7.57. The number of rotatable bonds is 3. The number of carbonyl (C=O) groups is 2. The van der Waals surface area contributed by atoms with E-state index in [2.05, 4.69) is 22.1 Å². The molecule has 1 aromatic heterocycles. The van der Waals surface area contributed by atoms with Gasteiger partial charge in [-0.2, -0.15) is 0 Å². The normalized spacial score (nSPS) is 24.6. The molecule has 160 valence electrons. The van der Waals surface area contributed by atoms with Crippen LogP contribution in [-0.4, -0.2) is 39.9 Å². The molecule has 4 heterocycles. The molecule has 2 aromatic carbocycles. The second-order valence-corrected chi connectivity index (χ2v) is 8.61. The summed E-state index contributed by atoms with van der Waals surface area (Å²) >= 11 is 0. The molecule has 2 saturated heterocycles. The zero-order chi connectivity index (χ0) is 21.7. The molecule has 6 nitrogen and oxygen atoms in total. The van der Waals surface area contributed by atoms with Gasteiger partial charge in [0.15, 0.2) is 0 Å². The zero-order valence-corrected chi connectivity index (χ0v) is 17.7. The highest BCUT2D eigenvalue weighted by Crippen LogP contribution is 2.52. The van der Waals surface area contributed by atoms with Crippen molar-refractivity contribution < 1.29 is 9.59 Å². The standard InChI is InChI=1S/C26H24N4O2/c31-21-14-17-29-23(18-8-3-1-4-9-18)22(24(30(21)29)19-10-5-2-6-11-19)26(32)28-16-13-20-12-7-15-27-25(20)28/h1-12,15,22-24H,13-14,16-17H2/t22-,23+,24+/m0/s1. The number of aromatic nitrogens is 1. The highest BCUT2D eigenvalue weighted by atomic mass is 16.2. The number of carbonyl (C=O) groups excluding carboxylic acids is 2. The largest absolute Gasteiger partial charge is 0.296 e. The lowest BCUT2D eigenvalue weighted by Crippen LogP contribution is -2.40. The molecule has 0 radical (unpaired) electrons. The molecule has 3 aliphatic rings. The van der Waals surface area contributed by atoms with E-state index in [0.717, 1.165) is 28.9 Å². The summed E-state index contributed by atoms with van der Waals surface area (Å²) in [6, 6.07) is 23.5. The van der Waals surface area contributed by atoms with Crippen LogP contribution >= 0.6 is 0 Å². The first-order chi connectivity index (χ1) is 15.7. The Morgan fingerprint density at radius 3 is 2.22 bits per heavy atom. The lowest BCUT2D eigenvalue weighted by molar-refractivity contribution is -0.139. The molecule has 0 aliphatic carbocycles. The van der Waals surface area contributed by atoms with Crippen LogP contribution in [0.3, 0.4) is 0 Å². The van der Waals surface area contributed by atoms with Crippen molar-refractivity contribution in [3.8, 4) is 0 Å². The lowest BCUT2D eigenvalue weighted by atomic mass is 9.84. The van der Waals surface area contributed by atoms with Gasteiger partial charge in [-0.05, 0) is 29.2 Å². The summed E-state index contributed by atoms with van der Waals surface area (Å²) in [5, 5.41) is 3.97. The maximum Gasteiger partial charge on any atom is 0.238 e. The van der Waals surface area contributed by atoms with E-state index < -0.39 is 5.92 Å². The maximum absolute atomic E-state index is 14.2. The fraction of sp³-hybridized carbons (Fsp3) is 0.269. The van der Waals surface area contributed by atoms with Gasteiger partial charge in [-0.1, -0.05) is 66.7 Å². The van der Waals surface area contributed by atoms with Gasteiger partial charge in [0.05, 0.1) is 18.0 Å². The summed E-state index contributed by atoms with van der Waals surface area (Å²) in [6.07, 6.45) is 3.02. The average molecular weight is 425 g/mol. The van der Waals surface area contributed by atoms with Crippen LogP contribution in [0.4, 0.5) is 5.82 Å². The molecule has 6 heteroatoms. The Morgan fingerprint density at radius 2 is 1.50 bits per heavy atom. The van der Waals surface area contributed by atoms with E-state index in [-0.39, 0.29) is 23.9 Å². The van der Waals surface area contributed by atoms with Gasteiger partial charge in [0, 0.05) is 25.7 Å². The van der Waals surface area contributed by atoms with Crippen molar-refractivity contribution in [2.45, 2.75) is 24.9 Å². The highest BCUT2D eigenvalue weighted by molar-refractivity contribution is 5.98. The molecule has 3 atom stereocenters. The Morgan fingerprint density at radius 1 is 0.812 bits per heavy atom. The number of amides is 2. The minimum atomic E-state index is -0.419. The highest BCUT2D eigenvalue weighted by Gasteiger charge is 2.57. The Hall–Kier alpha value is -3.51. The molecular weight excluding hydrogens is 400 g/mol. The van der Waals surface area contributed by atoms with Crippen molar-refractivity contribution in [3.63, 3.8) is 0 Å². The summed E-state index contributed by atoms with van der Waals surface area (Å²) in [4.78, 5) is 33.6. The molecule has 6 rings (SSSR count). The Labute approximate surface area is 187 Å². The summed E-state index contributed by atoms with van der Waals surface area (Å²) in [5.41, 5.74) is 3.15. The van der Waals surface area contributed by atoms with Crippen molar-refractivity contribution in [1.29, 1.82) is 0 Å². The average Bonchev–Trinajstić information content (AvgIpc) is 3.53. The van der Waals surface area contributed by atoms with Crippen LogP contribution in [0.15, 0.2) is 79.0 Å². The molecule has 2 amide bonds. The summed E-state index contributed by atoms with van der Waals surface area (Å²) in [5.74, 6) is 0.448. The molecule has 3 aliphatic heterocycles. The smallest absolute Gasteiger partial charge is 0.238 e. The summed E-state index contributed by atoms with van der Waals surface area (Å²) in [6.45, 7) is 1.25. The number of anilines is 1. The van der Waals surface area contributed by atoms with Crippen molar-refractivity contribution in [1.82, 2.24) is 15.0 Å². The van der Waals surface area contributed by atoms with Crippen molar-refractivity contribution in [3.05, 3.63) is 95.7 Å². The van der Waals surface area contributed by atoms with Crippen molar-refractivity contribution >= 4 is 17.6 Å². The van der Waals surface area contributed by atoms with E-state index in [4.69, 9.17) is 0 Å². The number of fused-ring (bicyclic) bond motifs is 2. The monoisotopic (exact) mass is 424 g/mol. The number of benzene rings is 2. The predicted octanol–water partition coefficient (Wildman–Crippen LogP) is 3.53. The predicted molar refractivity (Wildman–Crippen MR) is 120 cm³/mol. The van der Waals surface area contributed by atoms with Gasteiger partial charge in [0.2, 0.25) is 11.8 Å². The summed E-state index contributed by atoms with van der Waals surface area (Å²) < 4.78 is 0. The van der Waals surface area contributed by atoms with E-state index in [9.17, 15) is 9.59 Å². The van der Waals surface area contributed by atoms with Gasteiger partial charge in [0.25, 0.3) is 0 Å². The third-order valence-corrected chi connectivity index (χ3v) is 6.91. The number of hydrogen-bond donors (Lipinski definition) is 0. The third-order valence-electron chi connectivity index (χ3n) is 6.91. The fourth-order valence-corrected chi connectivity index (χ4v) is 5.57. The van der Waals surface area contributed by atoms with E-state index in [1.807, 2.05) is 70.6 Å². The van der Waals surface area contributed by atoms with Gasteiger partial charge in [0.1, 0.15) is 5.82 Å². The van der Waals surface area contributed by atoms with Crippen LogP contribution < -0.4 is 4.90 Å². The first-order valence-electron chi connectivity index (χ1n) is 11.2. The number of pyridine rings is 1. The molecule has 0 N–H and O–H groups in total. The third kappa shape index (κ3) is 2.87. The van der Waals surface area contributed by atoms with E-state index in [1.54, 1.807) is 6.20 Å². The zero-order valence-electron chi connectivity index (χ0n) is 17.7. The van der Waals surface area contributed by atoms with E-state index in [1.165, 1.54) is 0 Å². The van der Waals surface area contributed by atoms with Gasteiger partial charge >= 0.3 is 0 Å². The van der Waals surface area contributed by atoms with E-state index in [0.29, 0.717) is 19.5 Å². The van der Waals surface area contributed by atoms with Crippen LogP contribution in [0.5, 0.6) is 0 Å². The molecule has 32 heavy (non-hydrogen) atoms. The van der Waals surface area contributed by atoms with Gasteiger partial charge in [-0.3, -0.25) is 19.5 Å². The minimum absolute atomic E-state index is 0.0346. The number of nitrogens with zero attached hydrogens (tertiary/aromatic N) is 4. The second-order valence-electron chi connectivity index (χ2n) is 8.61. The molecule has 0 unspecified atom stereocenters. The Balaban J connectivity index is 1.50. The molecule has 2 fully saturated rings. The topological polar surface area (TPSA) is 56.8 Å². The van der Waals surface area contributed by atoms with Crippen LogP contribution in [0.2, 0.25) is 0 Å². The van der Waals surface area contributed by atoms with Crippen LogP contribution in [0.25, 0.3) is 0 Å². The first-order valence-corrected chi connectivity index (χ1v) is 11.2. The van der Waals surface area contributed by atoms with Crippen LogP contribution in [-0.2, 0) is 16.0 Å². The van der Waals surface area contributed by atoms with Gasteiger partial charge in [-0.15, -0.1) is 0 Å². The molecular formula is C26H24N4O2. The van der Waals surface area contributed by atoms with Crippen molar-refractivity contribution in [2.75, 3.05) is 18.0 Å². The Bertz CT molecular complexity index is 1170. The van der Waals surface area contributed by atoms with E-state index >= 15 is 0 Å². The molecule has 0 spiro atoms. The van der Waals surface area contributed by atoms with Gasteiger partial charge in [-0.25, -0.2) is 9.99 Å². The Kier molecular flexibility index (Phi) is 4.54. The maximum atomic E-state index is 14.2. The first kappa shape index (κ1) is 19.2. The van der Waals surface area contributed by atoms with Crippen LogP contribution in [0, 0.1) is 5.92 Å². The fourth-order valence-electron chi connectivity index (χ4n) is 5.57. The van der Waals surface area contributed by atoms with Gasteiger partial charge < -0.3 is 0 Å². The number of hydrogen-bond acceptors (Lipinski definition) is 4. The van der Waals surface area contributed by atoms with Crippen molar-refractivity contribution in [2.24, 2.45) is 5.92 Å². The van der Waals surface area contributed by atoms with Crippen LogP contribution in [0.1, 0.15) is 35.2 Å². The molecule has 0 saturated carbocycles. The minimum Gasteiger partial charge on any atom is -0.296 e. The lowest BCUT2D eigenvalue weighted by Gasteiger charge is -2.29. The SMILES string of the molecule is O=C([C@H]1[C@@H](c2ccccc2)N2CCC(=O)N2[C@@H]1c1ccccc1)N1CCc2cccnc21. The number of hydrazine groups is 1. The quantitative estimate of drug-likeness (QED) is 0.646. The summed E-state index contributed by atoms with van der Waals surface area (Å²) in [7, 11) is 0. The molecule has 0 bridgehead atoms. The molecule has 3 aromatic rings.